The fourth-order valence-corrected chi connectivity index (χ4v) is 3.83. The Bertz CT molecular complexity index is 430. The van der Waals surface area contributed by atoms with Crippen molar-refractivity contribution in [2.45, 2.75) is 49.8 Å². The Morgan fingerprint density at radius 3 is 3.11 bits per heavy atom. The van der Waals surface area contributed by atoms with E-state index in [1.54, 1.807) is 0 Å². The summed E-state index contributed by atoms with van der Waals surface area (Å²) in [6, 6.07) is 2.27. The second-order valence-electron chi connectivity index (χ2n) is 5.06. The van der Waals surface area contributed by atoms with Crippen LogP contribution in [0.4, 0.5) is 0 Å². The van der Waals surface area contributed by atoms with Crippen LogP contribution in [-0.2, 0) is 24.1 Å². The number of hydrogen-bond acceptors (Lipinski definition) is 4. The Morgan fingerprint density at radius 1 is 1.39 bits per heavy atom. The molecule has 0 bridgehead atoms. The molecule has 2 heterocycles. The second kappa shape index (κ2) is 5.59. The van der Waals surface area contributed by atoms with Crippen LogP contribution in [0.2, 0.25) is 0 Å². The minimum atomic E-state index is 0.413. The number of pyridine rings is 1. The first-order valence-corrected chi connectivity index (χ1v) is 7.81. The summed E-state index contributed by atoms with van der Waals surface area (Å²) < 4.78 is 5.66. The third-order valence-electron chi connectivity index (χ3n) is 3.74. The fourth-order valence-electron chi connectivity index (χ4n) is 2.72. The van der Waals surface area contributed by atoms with Gasteiger partial charge in [0.2, 0.25) is 0 Å². The summed E-state index contributed by atoms with van der Waals surface area (Å²) in [6.07, 6.45) is 6.35. The number of rotatable bonds is 4. The van der Waals surface area contributed by atoms with Crippen molar-refractivity contribution in [3.05, 3.63) is 22.9 Å². The van der Waals surface area contributed by atoms with Crippen molar-refractivity contribution in [1.82, 2.24) is 4.98 Å². The normalized spacial score (nSPS) is 22.4. The predicted molar refractivity (Wildman–Crippen MR) is 73.9 cm³/mol. The van der Waals surface area contributed by atoms with E-state index in [1.165, 1.54) is 42.5 Å². The van der Waals surface area contributed by atoms with Crippen LogP contribution in [0.15, 0.2) is 11.1 Å². The number of hydrogen-bond donors (Lipinski definition) is 1. The third kappa shape index (κ3) is 2.56. The Labute approximate surface area is 113 Å². The van der Waals surface area contributed by atoms with Crippen LogP contribution < -0.4 is 5.73 Å². The van der Waals surface area contributed by atoms with Crippen LogP contribution in [0, 0.1) is 0 Å². The van der Waals surface area contributed by atoms with Crippen LogP contribution in [0.5, 0.6) is 0 Å². The fraction of sp³-hybridized carbons (Fsp3) is 0.643. The molecule has 0 amide bonds. The van der Waals surface area contributed by atoms with Crippen molar-refractivity contribution in [3.63, 3.8) is 0 Å². The molecule has 98 valence electrons. The molecule has 1 aliphatic carbocycles. The largest absolute Gasteiger partial charge is 0.377 e. The van der Waals surface area contributed by atoms with Crippen molar-refractivity contribution in [1.29, 1.82) is 0 Å². The number of aromatic nitrogens is 1. The molecule has 18 heavy (non-hydrogen) atoms. The monoisotopic (exact) mass is 264 g/mol. The lowest BCUT2D eigenvalue weighted by atomic mass is 10.1. The number of thioether (sulfide) groups is 1. The van der Waals surface area contributed by atoms with Crippen molar-refractivity contribution in [2.75, 3.05) is 12.4 Å². The second-order valence-corrected chi connectivity index (χ2v) is 6.07. The minimum Gasteiger partial charge on any atom is -0.377 e. The molecule has 0 radical (unpaired) electrons. The molecule has 4 heteroatoms. The summed E-state index contributed by atoms with van der Waals surface area (Å²) in [6.45, 7) is 1.51. The summed E-state index contributed by atoms with van der Waals surface area (Å²) in [5.74, 6) is 1.01. The first-order chi connectivity index (χ1) is 8.86. The summed E-state index contributed by atoms with van der Waals surface area (Å²) in [5, 5.41) is 1.13. The predicted octanol–water partition coefficient (Wildman–Crippen LogP) is 2.30. The topological polar surface area (TPSA) is 48.1 Å². The molecule has 0 saturated carbocycles. The van der Waals surface area contributed by atoms with Gasteiger partial charge >= 0.3 is 0 Å². The maximum atomic E-state index is 5.84. The van der Waals surface area contributed by atoms with Crippen molar-refractivity contribution in [3.8, 4) is 0 Å². The zero-order valence-corrected chi connectivity index (χ0v) is 11.5. The molecule has 2 aliphatic rings. The molecule has 0 aromatic carbocycles. The highest BCUT2D eigenvalue weighted by Gasteiger charge is 2.19. The number of nitrogens with zero attached hydrogens (tertiary/aromatic N) is 1. The minimum absolute atomic E-state index is 0.413. The molecule has 1 fully saturated rings. The number of ether oxygens (including phenoxy) is 1. The highest BCUT2D eigenvalue weighted by Crippen LogP contribution is 2.29. The third-order valence-corrected chi connectivity index (χ3v) is 4.91. The van der Waals surface area contributed by atoms with Crippen LogP contribution in [0.1, 0.15) is 36.1 Å². The van der Waals surface area contributed by atoms with Gasteiger partial charge in [0.15, 0.2) is 0 Å². The van der Waals surface area contributed by atoms with Crippen LogP contribution in [-0.4, -0.2) is 23.4 Å². The van der Waals surface area contributed by atoms with E-state index in [9.17, 15) is 0 Å². The Hall–Kier alpha value is -0.580. The van der Waals surface area contributed by atoms with Gasteiger partial charge < -0.3 is 10.5 Å². The lowest BCUT2D eigenvalue weighted by molar-refractivity contribution is 0.129. The first kappa shape index (κ1) is 12.5. The van der Waals surface area contributed by atoms with E-state index in [4.69, 9.17) is 15.5 Å². The zero-order chi connectivity index (χ0) is 12.4. The molecule has 1 saturated heterocycles. The average molecular weight is 264 g/mol. The molecule has 1 aromatic rings. The number of aryl methyl sites for hydroxylation is 2. The van der Waals surface area contributed by atoms with Gasteiger partial charge in [0.05, 0.1) is 6.10 Å². The van der Waals surface area contributed by atoms with Gasteiger partial charge in [-0.15, -0.1) is 11.8 Å². The van der Waals surface area contributed by atoms with Gasteiger partial charge in [-0.05, 0) is 43.2 Å². The Balaban J connectivity index is 1.73. The standard InChI is InChI=1S/C14H20N2OS/c15-8-11-7-10-3-1-5-13(10)16-14(11)18-9-12-4-2-6-17-12/h7,12H,1-6,8-9,15H2. The molecule has 3 nitrogen and oxygen atoms in total. The van der Waals surface area contributed by atoms with E-state index in [0.29, 0.717) is 12.6 Å². The Morgan fingerprint density at radius 2 is 2.33 bits per heavy atom. The molecule has 1 atom stereocenters. The molecule has 2 N–H and O–H groups in total. The van der Waals surface area contributed by atoms with Gasteiger partial charge in [0.25, 0.3) is 0 Å². The lowest BCUT2D eigenvalue weighted by Crippen LogP contribution is -2.10. The lowest BCUT2D eigenvalue weighted by Gasteiger charge is -2.12. The van der Waals surface area contributed by atoms with Crippen LogP contribution >= 0.6 is 11.8 Å². The van der Waals surface area contributed by atoms with Gasteiger partial charge in [-0.25, -0.2) is 4.98 Å². The maximum Gasteiger partial charge on any atom is 0.101 e. The van der Waals surface area contributed by atoms with E-state index in [0.717, 1.165) is 23.8 Å². The molecular weight excluding hydrogens is 244 g/mol. The first-order valence-electron chi connectivity index (χ1n) is 6.83. The summed E-state index contributed by atoms with van der Waals surface area (Å²) in [4.78, 5) is 4.81. The van der Waals surface area contributed by atoms with Crippen LogP contribution in [0.25, 0.3) is 0 Å². The van der Waals surface area contributed by atoms with E-state index >= 15 is 0 Å². The quantitative estimate of drug-likeness (QED) is 0.848. The summed E-state index contributed by atoms with van der Waals surface area (Å²) >= 11 is 1.82. The highest BCUT2D eigenvalue weighted by molar-refractivity contribution is 7.99. The molecule has 1 unspecified atom stereocenters. The molecule has 3 rings (SSSR count). The van der Waals surface area contributed by atoms with Crippen LogP contribution in [0.3, 0.4) is 0 Å². The van der Waals surface area contributed by atoms with Gasteiger partial charge in [0.1, 0.15) is 5.03 Å². The number of nitrogens with two attached hydrogens (primary N) is 1. The van der Waals surface area contributed by atoms with Crippen molar-refractivity contribution >= 4 is 11.8 Å². The van der Waals surface area contributed by atoms with E-state index < -0.39 is 0 Å². The van der Waals surface area contributed by atoms with E-state index in [2.05, 4.69) is 6.07 Å². The summed E-state index contributed by atoms with van der Waals surface area (Å²) in [7, 11) is 0. The van der Waals surface area contributed by atoms with Gasteiger partial charge in [0, 0.05) is 24.6 Å². The van der Waals surface area contributed by atoms with E-state index in [1.807, 2.05) is 11.8 Å². The Kier molecular flexibility index (Phi) is 3.87. The van der Waals surface area contributed by atoms with Gasteiger partial charge in [-0.3, -0.25) is 0 Å². The molecule has 1 aromatic heterocycles. The highest BCUT2D eigenvalue weighted by atomic mass is 32.2. The average Bonchev–Trinajstić information content (AvgIpc) is 3.05. The number of fused-ring (bicyclic) bond motifs is 1. The SMILES string of the molecule is NCc1cc2c(nc1SCC1CCCO1)CCC2. The molecule has 0 spiro atoms. The maximum absolute atomic E-state index is 5.84. The smallest absolute Gasteiger partial charge is 0.101 e. The van der Waals surface area contributed by atoms with Gasteiger partial charge in [-0.2, -0.15) is 0 Å². The van der Waals surface area contributed by atoms with Crippen molar-refractivity contribution in [2.24, 2.45) is 5.73 Å². The molecular formula is C14H20N2OS. The van der Waals surface area contributed by atoms with E-state index in [-0.39, 0.29) is 0 Å². The summed E-state index contributed by atoms with van der Waals surface area (Å²) in [5.41, 5.74) is 9.76. The zero-order valence-electron chi connectivity index (χ0n) is 10.7. The van der Waals surface area contributed by atoms with Crippen molar-refractivity contribution < 1.29 is 4.74 Å². The molecule has 1 aliphatic heterocycles. The van der Waals surface area contributed by atoms with Gasteiger partial charge in [-0.1, -0.05) is 6.07 Å².